The van der Waals surface area contributed by atoms with Gasteiger partial charge in [-0.2, -0.15) is 0 Å². The van der Waals surface area contributed by atoms with E-state index in [9.17, 15) is 9.90 Å². The van der Waals surface area contributed by atoms with Crippen LogP contribution in [-0.2, 0) is 0 Å². The molecule has 3 rings (SSSR count). The molecule has 0 spiro atoms. The molecule has 0 radical (unpaired) electrons. The average molecular weight is 465 g/mol. The molecule has 0 saturated heterocycles. The van der Waals surface area contributed by atoms with E-state index in [1.165, 1.54) is 11.3 Å². The maximum Gasteiger partial charge on any atom is 1.00 e. The average Bonchev–Trinajstić information content (AvgIpc) is 2.84. The minimum absolute atomic E-state index is 0. The zero-order valence-corrected chi connectivity index (χ0v) is 18.9. The Morgan fingerprint density at radius 1 is 1.23 bits per heavy atom. The van der Waals surface area contributed by atoms with E-state index in [0.29, 0.717) is 22.2 Å². The Hall–Kier alpha value is 0.396. The Kier molecular flexibility index (Phi) is 6.41. The predicted octanol–water partition coefficient (Wildman–Crippen LogP) is 1.16. The van der Waals surface area contributed by atoms with Gasteiger partial charge in [-0.3, -0.25) is 0 Å². The van der Waals surface area contributed by atoms with Gasteiger partial charge in [0.1, 0.15) is 0 Å². The summed E-state index contributed by atoms with van der Waals surface area (Å²) in [5.41, 5.74) is 2.14. The van der Waals surface area contributed by atoms with E-state index in [4.69, 9.17) is 0 Å². The van der Waals surface area contributed by atoms with E-state index in [1.807, 2.05) is 18.2 Å². The number of halogens is 2. The van der Waals surface area contributed by atoms with Gasteiger partial charge < -0.3 is 9.90 Å². The van der Waals surface area contributed by atoms with Gasteiger partial charge in [0.05, 0.1) is 25.8 Å². The molecule has 0 bridgehead atoms. The van der Waals surface area contributed by atoms with E-state index in [2.05, 4.69) is 36.8 Å². The molecular formula is C15H8Br2KNO2S. The van der Waals surface area contributed by atoms with Crippen molar-refractivity contribution in [3.8, 4) is 10.6 Å². The normalized spacial score (nSPS) is 10.5. The smallest absolute Gasteiger partial charge is 0.545 e. The van der Waals surface area contributed by atoms with Crippen molar-refractivity contribution in [2.24, 2.45) is 0 Å². The summed E-state index contributed by atoms with van der Waals surface area (Å²) in [6.45, 7) is 1.77. The van der Waals surface area contributed by atoms with Crippen molar-refractivity contribution < 1.29 is 61.3 Å². The van der Waals surface area contributed by atoms with Crippen LogP contribution in [0.25, 0.3) is 21.5 Å². The first-order valence-corrected chi connectivity index (χ1v) is 8.44. The summed E-state index contributed by atoms with van der Waals surface area (Å²) >= 11 is 8.30. The second-order valence-electron chi connectivity index (χ2n) is 4.51. The van der Waals surface area contributed by atoms with Gasteiger partial charge in [-0.25, -0.2) is 4.98 Å². The Bertz CT molecular complexity index is 879. The molecule has 0 aliphatic carbocycles. The molecule has 0 amide bonds. The molecule has 0 fully saturated rings. The number of nitrogens with zero attached hydrogens (tertiary/aromatic N) is 1. The zero-order chi connectivity index (χ0) is 15.1. The summed E-state index contributed by atoms with van der Waals surface area (Å²) in [5, 5.41) is 12.2. The van der Waals surface area contributed by atoms with Crippen molar-refractivity contribution in [1.29, 1.82) is 0 Å². The van der Waals surface area contributed by atoms with Crippen molar-refractivity contribution in [2.45, 2.75) is 6.92 Å². The Balaban J connectivity index is 0.00000176. The first kappa shape index (κ1) is 18.7. The summed E-state index contributed by atoms with van der Waals surface area (Å²) < 4.78 is 1.79. The van der Waals surface area contributed by atoms with Crippen LogP contribution < -0.4 is 56.5 Å². The molecular weight excluding hydrogens is 457 g/mol. The standard InChI is InChI=1S/C15H9Br2NO2S.K/c1-7-13(15(19)20)9-6-8(16)2-3-10(9)18-14(7)11-4-5-12(17)21-11;/h2-6H,1H3,(H,19,20);/q;+1/p-1. The van der Waals surface area contributed by atoms with Crippen LogP contribution in [0.4, 0.5) is 0 Å². The van der Waals surface area contributed by atoms with Crippen molar-refractivity contribution >= 4 is 60.1 Å². The molecule has 0 unspecified atom stereocenters. The Labute approximate surface area is 190 Å². The Morgan fingerprint density at radius 3 is 2.55 bits per heavy atom. The number of hydrogen-bond donors (Lipinski definition) is 0. The molecule has 106 valence electrons. The monoisotopic (exact) mass is 463 g/mol. The van der Waals surface area contributed by atoms with E-state index in [-0.39, 0.29) is 56.9 Å². The van der Waals surface area contributed by atoms with Crippen molar-refractivity contribution in [3.63, 3.8) is 0 Å². The SMILES string of the molecule is Cc1c(-c2ccc(Br)s2)nc2ccc(Br)cc2c1C(=O)[O-].[K+]. The minimum Gasteiger partial charge on any atom is -0.545 e. The van der Waals surface area contributed by atoms with Gasteiger partial charge in [0.25, 0.3) is 0 Å². The van der Waals surface area contributed by atoms with Crippen LogP contribution in [0.1, 0.15) is 15.9 Å². The number of carbonyl (C=O) groups excluding carboxylic acids is 1. The number of aromatic carboxylic acids is 1. The second kappa shape index (κ2) is 7.52. The molecule has 1 aromatic carbocycles. The third kappa shape index (κ3) is 3.56. The van der Waals surface area contributed by atoms with Crippen molar-refractivity contribution in [2.75, 3.05) is 0 Å². The number of aromatic nitrogens is 1. The van der Waals surface area contributed by atoms with E-state index < -0.39 is 5.97 Å². The molecule has 0 atom stereocenters. The first-order chi connectivity index (χ1) is 9.97. The third-order valence-electron chi connectivity index (χ3n) is 3.20. The molecule has 2 heterocycles. The van der Waals surface area contributed by atoms with Crippen molar-refractivity contribution in [3.05, 3.63) is 49.7 Å². The van der Waals surface area contributed by atoms with Gasteiger partial charge in [-0.1, -0.05) is 15.9 Å². The number of thiophene rings is 1. The zero-order valence-electron chi connectivity index (χ0n) is 11.8. The van der Waals surface area contributed by atoms with E-state index in [1.54, 1.807) is 19.1 Å². The van der Waals surface area contributed by atoms with Crippen LogP contribution in [0.2, 0.25) is 0 Å². The molecule has 0 N–H and O–H groups in total. The number of pyridine rings is 1. The number of carboxylic acid groups (broad SMARTS) is 1. The van der Waals surface area contributed by atoms with Crippen LogP contribution in [0.3, 0.4) is 0 Å². The number of fused-ring (bicyclic) bond motifs is 1. The number of carboxylic acids is 1. The van der Waals surface area contributed by atoms with E-state index in [0.717, 1.165) is 13.1 Å². The van der Waals surface area contributed by atoms with Crippen LogP contribution in [-0.4, -0.2) is 11.0 Å². The number of rotatable bonds is 2. The minimum atomic E-state index is -1.19. The number of benzene rings is 1. The Morgan fingerprint density at radius 2 is 1.95 bits per heavy atom. The largest absolute Gasteiger partial charge is 1.00 e. The van der Waals surface area contributed by atoms with Gasteiger partial charge >= 0.3 is 51.4 Å². The predicted molar refractivity (Wildman–Crippen MR) is 89.5 cm³/mol. The van der Waals surface area contributed by atoms with Crippen molar-refractivity contribution in [1.82, 2.24) is 4.98 Å². The van der Waals surface area contributed by atoms with Gasteiger partial charge in [0.15, 0.2) is 0 Å². The number of carbonyl (C=O) groups is 1. The summed E-state index contributed by atoms with van der Waals surface area (Å²) in [6, 6.07) is 9.25. The van der Waals surface area contributed by atoms with Crippen LogP contribution in [0.5, 0.6) is 0 Å². The fourth-order valence-corrected chi connectivity index (χ4v) is 4.07. The van der Waals surface area contributed by atoms with E-state index >= 15 is 0 Å². The topological polar surface area (TPSA) is 53.0 Å². The summed E-state index contributed by atoms with van der Waals surface area (Å²) in [4.78, 5) is 17.1. The summed E-state index contributed by atoms with van der Waals surface area (Å²) in [6.07, 6.45) is 0. The molecule has 3 aromatic rings. The van der Waals surface area contributed by atoms with Gasteiger partial charge in [0, 0.05) is 15.4 Å². The molecule has 0 saturated carbocycles. The molecule has 22 heavy (non-hydrogen) atoms. The number of hydrogen-bond acceptors (Lipinski definition) is 4. The van der Waals surface area contributed by atoms with Gasteiger partial charge in [0.2, 0.25) is 0 Å². The molecule has 7 heteroatoms. The fourth-order valence-electron chi connectivity index (χ4n) is 2.28. The van der Waals surface area contributed by atoms with Gasteiger partial charge in [-0.15, -0.1) is 11.3 Å². The second-order valence-corrected chi connectivity index (χ2v) is 7.89. The quantitative estimate of drug-likeness (QED) is 0.535. The maximum absolute atomic E-state index is 11.6. The van der Waals surface area contributed by atoms with Crippen LogP contribution >= 0.6 is 43.2 Å². The summed E-state index contributed by atoms with van der Waals surface area (Å²) in [7, 11) is 0. The molecule has 0 aliphatic heterocycles. The maximum atomic E-state index is 11.6. The fraction of sp³-hybridized carbons (Fsp3) is 0.0667. The summed E-state index contributed by atoms with van der Waals surface area (Å²) in [5.74, 6) is -1.19. The van der Waals surface area contributed by atoms with Crippen LogP contribution in [0, 0.1) is 6.92 Å². The molecule has 2 aromatic heterocycles. The molecule has 3 nitrogen and oxygen atoms in total. The molecule has 0 aliphatic rings. The third-order valence-corrected chi connectivity index (χ3v) is 5.32. The first-order valence-electron chi connectivity index (χ1n) is 6.04. The van der Waals surface area contributed by atoms with Crippen LogP contribution in [0.15, 0.2) is 38.6 Å². The van der Waals surface area contributed by atoms with Gasteiger partial charge in [-0.05, 0) is 58.7 Å².